The first kappa shape index (κ1) is 27.1. The molecule has 208 valence electrons. The number of benzene rings is 1. The largest absolute Gasteiger partial charge is 0.451 e. The molecule has 0 bridgehead atoms. The van der Waals surface area contributed by atoms with Gasteiger partial charge in [0.1, 0.15) is 5.82 Å². The smallest absolute Gasteiger partial charge is 0.391 e. The Kier molecular flexibility index (Phi) is 7.38. The minimum absolute atomic E-state index is 0.00577. The first-order valence-corrected chi connectivity index (χ1v) is 12.6. The van der Waals surface area contributed by atoms with Crippen molar-refractivity contribution in [3.8, 4) is 0 Å². The van der Waals surface area contributed by atoms with E-state index in [4.69, 9.17) is 0 Å². The normalized spacial score (nSPS) is 20.8. The number of aliphatic hydroxyl groups is 1. The number of para-hydroxylation sites is 1. The van der Waals surface area contributed by atoms with Crippen LogP contribution in [-0.4, -0.2) is 75.6 Å². The zero-order valence-electron chi connectivity index (χ0n) is 20.8. The van der Waals surface area contributed by atoms with Gasteiger partial charge in [0.05, 0.1) is 23.2 Å². The van der Waals surface area contributed by atoms with Crippen LogP contribution in [0.3, 0.4) is 0 Å². The number of carbonyl (C=O) groups excluding carboxylic acids is 1. The fourth-order valence-corrected chi connectivity index (χ4v) is 5.02. The van der Waals surface area contributed by atoms with Crippen LogP contribution in [0.25, 0.3) is 10.9 Å². The highest BCUT2D eigenvalue weighted by Gasteiger charge is 2.38. The molecule has 2 aromatic heterocycles. The van der Waals surface area contributed by atoms with Crippen molar-refractivity contribution >= 4 is 22.6 Å². The highest BCUT2D eigenvalue weighted by molar-refractivity contribution is 6.07. The van der Waals surface area contributed by atoms with Gasteiger partial charge in [-0.25, -0.2) is 23.7 Å². The second-order valence-corrected chi connectivity index (χ2v) is 9.89. The number of likely N-dealkylation sites (tertiary alicyclic amines) is 1. The maximum absolute atomic E-state index is 13.8. The number of anilines is 1. The van der Waals surface area contributed by atoms with Crippen molar-refractivity contribution < 1.29 is 31.9 Å². The number of aromatic nitrogens is 3. The molecule has 2 N–H and O–H groups in total. The third kappa shape index (κ3) is 6.09. The van der Waals surface area contributed by atoms with Gasteiger partial charge in [0.2, 0.25) is 5.82 Å². The van der Waals surface area contributed by atoms with Gasteiger partial charge in [0.25, 0.3) is 11.8 Å². The SMILES string of the molecule is O=C(NCC(c1cnc(C(F)(F)F)nc1)N1CCC(F)(F)CC1)c1cc(N2CC[C@@H](O)C2)nc2ccccc12. The molecule has 5 rings (SSSR count). The Morgan fingerprint density at radius 2 is 1.82 bits per heavy atom. The zero-order valence-corrected chi connectivity index (χ0v) is 20.8. The number of hydrogen-bond donors (Lipinski definition) is 2. The predicted octanol–water partition coefficient (Wildman–Crippen LogP) is 3.82. The number of fused-ring (bicyclic) bond motifs is 1. The molecule has 4 heterocycles. The van der Waals surface area contributed by atoms with Gasteiger partial charge >= 0.3 is 6.18 Å². The summed E-state index contributed by atoms with van der Waals surface area (Å²) >= 11 is 0. The summed E-state index contributed by atoms with van der Waals surface area (Å²) in [6.45, 7) is 0.904. The lowest BCUT2D eigenvalue weighted by Gasteiger charge is -2.37. The molecule has 3 aromatic rings. The third-order valence-electron chi connectivity index (χ3n) is 7.17. The topological polar surface area (TPSA) is 94.5 Å². The number of pyridine rings is 1. The van der Waals surface area contributed by atoms with Crippen LogP contribution in [0.1, 0.15) is 47.1 Å². The van der Waals surface area contributed by atoms with E-state index in [1.807, 2.05) is 4.90 Å². The summed E-state index contributed by atoms with van der Waals surface area (Å²) in [4.78, 5) is 28.6. The molecule has 1 unspecified atom stereocenters. The number of β-amino-alcohol motifs (C(OH)–C–C–N with tert-alkyl or cyclic N) is 1. The molecule has 39 heavy (non-hydrogen) atoms. The van der Waals surface area contributed by atoms with E-state index in [1.54, 1.807) is 35.2 Å². The van der Waals surface area contributed by atoms with Crippen LogP contribution < -0.4 is 10.2 Å². The average Bonchev–Trinajstić information content (AvgIpc) is 3.34. The van der Waals surface area contributed by atoms with Gasteiger partial charge in [-0.2, -0.15) is 13.2 Å². The molecular formula is C26H27F5N6O2. The van der Waals surface area contributed by atoms with Crippen molar-refractivity contribution in [1.29, 1.82) is 0 Å². The minimum Gasteiger partial charge on any atom is -0.391 e. The van der Waals surface area contributed by atoms with E-state index in [-0.39, 0.29) is 25.2 Å². The maximum Gasteiger partial charge on any atom is 0.451 e. The zero-order chi connectivity index (χ0) is 27.8. The molecule has 0 radical (unpaired) electrons. The average molecular weight is 551 g/mol. The van der Waals surface area contributed by atoms with E-state index >= 15 is 0 Å². The predicted molar refractivity (Wildman–Crippen MR) is 132 cm³/mol. The molecule has 0 spiro atoms. The van der Waals surface area contributed by atoms with Crippen molar-refractivity contribution in [3.63, 3.8) is 0 Å². The number of amides is 1. The molecule has 2 fully saturated rings. The standard InChI is InChI=1S/C26H27F5N6O2/c27-25(28)6-9-36(10-7-25)21(16-12-33-24(34-13-16)26(29,30)31)14-32-23(39)19-11-22(37-8-5-17(38)15-37)35-20-4-2-1-3-18(19)20/h1-4,11-13,17,21,38H,5-10,14-15H2,(H,32,39)/t17-,21?/m1/s1. The van der Waals surface area contributed by atoms with Crippen molar-refractivity contribution in [3.05, 3.63) is 59.7 Å². The van der Waals surface area contributed by atoms with Crippen LogP contribution in [0.4, 0.5) is 27.8 Å². The van der Waals surface area contributed by atoms with E-state index in [1.165, 1.54) is 0 Å². The van der Waals surface area contributed by atoms with E-state index in [9.17, 15) is 31.9 Å². The fraction of sp³-hybridized carbons (Fsp3) is 0.462. The van der Waals surface area contributed by atoms with E-state index in [2.05, 4.69) is 20.3 Å². The summed E-state index contributed by atoms with van der Waals surface area (Å²) in [5.41, 5.74) is 1.21. The first-order chi connectivity index (χ1) is 18.5. The maximum atomic E-state index is 13.8. The van der Waals surface area contributed by atoms with Crippen LogP contribution in [0, 0.1) is 0 Å². The monoisotopic (exact) mass is 550 g/mol. The summed E-state index contributed by atoms with van der Waals surface area (Å²) in [5, 5.41) is 13.4. The van der Waals surface area contributed by atoms with Crippen molar-refractivity contribution in [2.24, 2.45) is 0 Å². The third-order valence-corrected chi connectivity index (χ3v) is 7.17. The number of alkyl halides is 5. The number of aliphatic hydroxyl groups excluding tert-OH is 1. The number of rotatable bonds is 6. The lowest BCUT2D eigenvalue weighted by molar-refractivity contribution is -0.145. The van der Waals surface area contributed by atoms with E-state index < -0.39 is 48.8 Å². The lowest BCUT2D eigenvalue weighted by Crippen LogP contribution is -2.45. The van der Waals surface area contributed by atoms with Crippen LogP contribution in [0.2, 0.25) is 0 Å². The number of nitrogens with one attached hydrogen (secondary N) is 1. The number of nitrogens with zero attached hydrogens (tertiary/aromatic N) is 5. The number of halogens is 5. The molecule has 8 nitrogen and oxygen atoms in total. The molecule has 2 atom stereocenters. The Morgan fingerprint density at radius 3 is 2.46 bits per heavy atom. The van der Waals surface area contributed by atoms with Gasteiger partial charge in [-0.3, -0.25) is 9.69 Å². The van der Waals surface area contributed by atoms with Gasteiger partial charge in [-0.15, -0.1) is 0 Å². The molecule has 2 aliphatic rings. The molecule has 0 aliphatic carbocycles. The van der Waals surface area contributed by atoms with Crippen LogP contribution >= 0.6 is 0 Å². The summed E-state index contributed by atoms with van der Waals surface area (Å²) in [7, 11) is 0. The molecule has 2 aliphatic heterocycles. The van der Waals surface area contributed by atoms with Crippen LogP contribution in [0.5, 0.6) is 0 Å². The van der Waals surface area contributed by atoms with E-state index in [0.29, 0.717) is 41.8 Å². The molecule has 1 amide bonds. The molecular weight excluding hydrogens is 523 g/mol. The summed E-state index contributed by atoms with van der Waals surface area (Å²) < 4.78 is 66.7. The number of piperidine rings is 1. The molecule has 1 aromatic carbocycles. The second-order valence-electron chi connectivity index (χ2n) is 9.89. The van der Waals surface area contributed by atoms with Gasteiger partial charge in [-0.05, 0) is 18.6 Å². The minimum atomic E-state index is -4.72. The highest BCUT2D eigenvalue weighted by atomic mass is 19.4. The molecule has 13 heteroatoms. The van der Waals surface area contributed by atoms with Gasteiger partial charge in [0, 0.05) is 68.9 Å². The quantitative estimate of drug-likeness (QED) is 0.451. The van der Waals surface area contributed by atoms with Crippen molar-refractivity contribution in [1.82, 2.24) is 25.2 Å². The van der Waals surface area contributed by atoms with Crippen LogP contribution in [-0.2, 0) is 6.18 Å². The van der Waals surface area contributed by atoms with Crippen molar-refractivity contribution in [2.75, 3.05) is 37.6 Å². The summed E-state index contributed by atoms with van der Waals surface area (Å²) in [5.74, 6) is -4.03. The first-order valence-electron chi connectivity index (χ1n) is 12.6. The fourth-order valence-electron chi connectivity index (χ4n) is 5.02. The second kappa shape index (κ2) is 10.6. The Morgan fingerprint density at radius 1 is 1.13 bits per heavy atom. The lowest BCUT2D eigenvalue weighted by atomic mass is 10.0. The number of carbonyl (C=O) groups is 1. The van der Waals surface area contributed by atoms with Crippen LogP contribution in [0.15, 0.2) is 42.7 Å². The van der Waals surface area contributed by atoms with Gasteiger partial charge in [-0.1, -0.05) is 18.2 Å². The highest BCUT2D eigenvalue weighted by Crippen LogP contribution is 2.33. The molecule has 0 saturated carbocycles. The van der Waals surface area contributed by atoms with E-state index in [0.717, 1.165) is 12.4 Å². The Balaban J connectivity index is 1.41. The van der Waals surface area contributed by atoms with Gasteiger partial charge in [0.15, 0.2) is 0 Å². The summed E-state index contributed by atoms with van der Waals surface area (Å²) in [6, 6.07) is 8.04. The Labute approximate surface area is 220 Å². The molecule has 2 saturated heterocycles. The summed E-state index contributed by atoms with van der Waals surface area (Å²) in [6.07, 6.45) is -3.38. The Bertz CT molecular complexity index is 1330. The van der Waals surface area contributed by atoms with Gasteiger partial charge < -0.3 is 15.3 Å². The number of hydrogen-bond acceptors (Lipinski definition) is 7. The Hall–Kier alpha value is -3.45. The van der Waals surface area contributed by atoms with Crippen molar-refractivity contribution in [2.45, 2.75) is 43.5 Å².